The molecule has 0 aliphatic heterocycles. The highest BCUT2D eigenvalue weighted by Gasteiger charge is 2.20. The topological polar surface area (TPSA) is 55.4 Å². The van der Waals surface area contributed by atoms with Gasteiger partial charge >= 0.3 is 0 Å². The Morgan fingerprint density at radius 2 is 1.86 bits per heavy atom. The summed E-state index contributed by atoms with van der Waals surface area (Å²) in [7, 11) is -3.11. The molecule has 0 saturated heterocycles. The molecule has 0 aromatic carbocycles. The average molecular weight is 223 g/mol. The van der Waals surface area contributed by atoms with Gasteiger partial charge in [-0.3, -0.25) is 0 Å². The van der Waals surface area contributed by atoms with Crippen LogP contribution >= 0.6 is 0 Å². The third kappa shape index (κ3) is 6.34. The predicted molar refractivity (Wildman–Crippen MR) is 57.8 cm³/mol. The summed E-state index contributed by atoms with van der Waals surface area (Å²) in [5.41, 5.74) is -0.435. The molecule has 0 atom stereocenters. The van der Waals surface area contributed by atoms with Crippen molar-refractivity contribution in [3.63, 3.8) is 0 Å². The van der Waals surface area contributed by atoms with Gasteiger partial charge in [-0.15, -0.1) is 0 Å². The van der Waals surface area contributed by atoms with Crippen molar-refractivity contribution >= 4 is 10.0 Å². The summed E-state index contributed by atoms with van der Waals surface area (Å²) in [6.45, 7) is 8.37. The molecule has 0 rings (SSSR count). The van der Waals surface area contributed by atoms with E-state index in [0.29, 0.717) is 19.6 Å². The summed E-state index contributed by atoms with van der Waals surface area (Å²) in [5.74, 6) is 0.176. The summed E-state index contributed by atoms with van der Waals surface area (Å²) in [6, 6.07) is 0. The van der Waals surface area contributed by atoms with Crippen LogP contribution in [0.5, 0.6) is 0 Å². The van der Waals surface area contributed by atoms with E-state index in [1.54, 1.807) is 0 Å². The summed E-state index contributed by atoms with van der Waals surface area (Å²) in [6.07, 6.45) is 0.629. The van der Waals surface area contributed by atoms with Gasteiger partial charge in [-0.25, -0.2) is 13.1 Å². The Hall–Kier alpha value is -0.130. The number of rotatable bonds is 7. The molecule has 1 N–H and O–H groups in total. The number of hydrogen-bond donors (Lipinski definition) is 1. The van der Waals surface area contributed by atoms with Crippen molar-refractivity contribution in [3.8, 4) is 0 Å². The standard InChI is InChI=1S/C9H21NO3S/c1-5-7-14(11,12)10-8-9(3,4)13-6-2/h10H,5-8H2,1-4H3. The second kappa shape index (κ2) is 5.68. The highest BCUT2D eigenvalue weighted by molar-refractivity contribution is 7.89. The quantitative estimate of drug-likeness (QED) is 0.704. The van der Waals surface area contributed by atoms with Crippen molar-refractivity contribution in [2.75, 3.05) is 18.9 Å². The maximum atomic E-state index is 11.3. The van der Waals surface area contributed by atoms with Gasteiger partial charge in [0.25, 0.3) is 0 Å². The van der Waals surface area contributed by atoms with E-state index in [0.717, 1.165) is 0 Å². The van der Waals surface area contributed by atoms with Crippen LogP contribution < -0.4 is 4.72 Å². The molecule has 0 aliphatic rings. The summed E-state index contributed by atoms with van der Waals surface area (Å²) in [5, 5.41) is 0. The lowest BCUT2D eigenvalue weighted by molar-refractivity contribution is -0.00514. The molecular formula is C9H21NO3S. The molecule has 0 bridgehead atoms. The fourth-order valence-corrected chi connectivity index (χ4v) is 2.32. The van der Waals surface area contributed by atoms with Gasteiger partial charge in [0.15, 0.2) is 0 Å². The lowest BCUT2D eigenvalue weighted by atomic mass is 10.1. The van der Waals surface area contributed by atoms with Crippen LogP contribution in [0.15, 0.2) is 0 Å². The fourth-order valence-electron chi connectivity index (χ4n) is 1.07. The van der Waals surface area contributed by atoms with Crippen molar-refractivity contribution in [2.45, 2.75) is 39.7 Å². The summed E-state index contributed by atoms with van der Waals surface area (Å²) in [4.78, 5) is 0. The predicted octanol–water partition coefficient (Wildman–Crippen LogP) is 1.13. The highest BCUT2D eigenvalue weighted by atomic mass is 32.2. The molecule has 0 aliphatic carbocycles. The zero-order valence-electron chi connectivity index (χ0n) is 9.46. The monoisotopic (exact) mass is 223 g/mol. The highest BCUT2D eigenvalue weighted by Crippen LogP contribution is 2.07. The first-order valence-corrected chi connectivity index (χ1v) is 6.59. The van der Waals surface area contributed by atoms with E-state index in [-0.39, 0.29) is 5.75 Å². The van der Waals surface area contributed by atoms with E-state index in [2.05, 4.69) is 4.72 Å². The molecule has 0 aromatic heterocycles. The first kappa shape index (κ1) is 13.9. The average Bonchev–Trinajstić information content (AvgIpc) is 2.01. The minimum absolute atomic E-state index is 0.176. The van der Waals surface area contributed by atoms with Gasteiger partial charge in [0, 0.05) is 13.2 Å². The van der Waals surface area contributed by atoms with Crippen molar-refractivity contribution in [2.24, 2.45) is 0 Å². The molecule has 0 spiro atoms. The Morgan fingerprint density at radius 3 is 2.29 bits per heavy atom. The molecule has 14 heavy (non-hydrogen) atoms. The molecule has 5 heteroatoms. The molecule has 4 nitrogen and oxygen atoms in total. The Balaban J connectivity index is 4.04. The SMILES string of the molecule is CCCS(=O)(=O)NCC(C)(C)OCC. The molecule has 86 valence electrons. The molecule has 0 aromatic rings. The summed E-state index contributed by atoms with van der Waals surface area (Å²) >= 11 is 0. The van der Waals surface area contributed by atoms with Crippen LogP contribution in [-0.4, -0.2) is 32.9 Å². The third-order valence-corrected chi connectivity index (χ3v) is 3.26. The van der Waals surface area contributed by atoms with Gasteiger partial charge < -0.3 is 4.74 Å². The van der Waals surface area contributed by atoms with E-state index in [4.69, 9.17) is 4.74 Å². The van der Waals surface area contributed by atoms with Crippen molar-refractivity contribution in [1.29, 1.82) is 0 Å². The van der Waals surface area contributed by atoms with Gasteiger partial charge in [0.2, 0.25) is 10.0 Å². The van der Waals surface area contributed by atoms with Crippen LogP contribution in [-0.2, 0) is 14.8 Å². The largest absolute Gasteiger partial charge is 0.375 e. The van der Waals surface area contributed by atoms with Gasteiger partial charge in [0.05, 0.1) is 11.4 Å². The van der Waals surface area contributed by atoms with E-state index in [1.165, 1.54) is 0 Å². The van der Waals surface area contributed by atoms with Crippen LogP contribution in [0.3, 0.4) is 0 Å². The molecule has 0 amide bonds. The fraction of sp³-hybridized carbons (Fsp3) is 1.00. The van der Waals surface area contributed by atoms with Gasteiger partial charge in [-0.2, -0.15) is 0 Å². The smallest absolute Gasteiger partial charge is 0.211 e. The van der Waals surface area contributed by atoms with Crippen LogP contribution in [0, 0.1) is 0 Å². The second-order valence-electron chi connectivity index (χ2n) is 3.83. The van der Waals surface area contributed by atoms with Gasteiger partial charge in [0.1, 0.15) is 0 Å². The van der Waals surface area contributed by atoms with Crippen molar-refractivity contribution in [3.05, 3.63) is 0 Å². The van der Waals surface area contributed by atoms with Crippen LogP contribution in [0.25, 0.3) is 0 Å². The van der Waals surface area contributed by atoms with E-state index < -0.39 is 15.6 Å². The van der Waals surface area contributed by atoms with E-state index in [1.807, 2.05) is 27.7 Å². The third-order valence-electron chi connectivity index (χ3n) is 1.73. The number of nitrogens with one attached hydrogen (secondary N) is 1. The molecule has 0 heterocycles. The molecule has 0 saturated carbocycles. The maximum Gasteiger partial charge on any atom is 0.211 e. The van der Waals surface area contributed by atoms with Crippen LogP contribution in [0.4, 0.5) is 0 Å². The Morgan fingerprint density at radius 1 is 1.29 bits per heavy atom. The first-order chi connectivity index (χ1) is 6.33. The summed E-state index contributed by atoms with van der Waals surface area (Å²) < 4.78 is 30.5. The van der Waals surface area contributed by atoms with Gasteiger partial charge in [-0.05, 0) is 27.2 Å². The Bertz CT molecular complexity index is 247. The normalized spacial score (nSPS) is 13.1. The minimum atomic E-state index is -3.11. The zero-order chi connectivity index (χ0) is 11.2. The minimum Gasteiger partial charge on any atom is -0.375 e. The van der Waals surface area contributed by atoms with Crippen LogP contribution in [0.1, 0.15) is 34.1 Å². The Kier molecular flexibility index (Phi) is 5.63. The molecule has 0 radical (unpaired) electrons. The molecule has 0 fully saturated rings. The number of ether oxygens (including phenoxy) is 1. The number of sulfonamides is 1. The lowest BCUT2D eigenvalue weighted by Gasteiger charge is -2.24. The van der Waals surface area contributed by atoms with E-state index in [9.17, 15) is 8.42 Å². The second-order valence-corrected chi connectivity index (χ2v) is 5.76. The lowest BCUT2D eigenvalue weighted by Crippen LogP contribution is -2.41. The maximum absolute atomic E-state index is 11.3. The van der Waals surface area contributed by atoms with Gasteiger partial charge in [-0.1, -0.05) is 6.92 Å². The van der Waals surface area contributed by atoms with Crippen LogP contribution in [0.2, 0.25) is 0 Å². The van der Waals surface area contributed by atoms with Crippen molar-refractivity contribution < 1.29 is 13.2 Å². The molecule has 0 unspecified atom stereocenters. The van der Waals surface area contributed by atoms with E-state index >= 15 is 0 Å². The van der Waals surface area contributed by atoms with Crippen molar-refractivity contribution in [1.82, 2.24) is 4.72 Å². The zero-order valence-corrected chi connectivity index (χ0v) is 10.3. The Labute approximate surface area is 87.1 Å². The molecular weight excluding hydrogens is 202 g/mol. The first-order valence-electron chi connectivity index (χ1n) is 4.94. The number of hydrogen-bond acceptors (Lipinski definition) is 3.